The van der Waals surface area contributed by atoms with Crippen LogP contribution in [0.4, 0.5) is 0 Å². The van der Waals surface area contributed by atoms with Crippen molar-refractivity contribution < 1.29 is 23.8 Å². The van der Waals surface area contributed by atoms with Gasteiger partial charge in [0.1, 0.15) is 11.4 Å². The second kappa shape index (κ2) is 7.76. The lowest BCUT2D eigenvalue weighted by atomic mass is 9.68. The van der Waals surface area contributed by atoms with Gasteiger partial charge in [-0.05, 0) is 62.6 Å². The van der Waals surface area contributed by atoms with E-state index in [4.69, 9.17) is 13.9 Å². The van der Waals surface area contributed by atoms with Gasteiger partial charge >= 0.3 is 0 Å². The largest absolute Gasteiger partial charge is 0.417 e. The van der Waals surface area contributed by atoms with Gasteiger partial charge in [0, 0.05) is 13.0 Å². The molecule has 1 heterocycles. The molecule has 5 nitrogen and oxygen atoms in total. The average molecular weight is 453 g/mol. The van der Waals surface area contributed by atoms with Crippen LogP contribution in [-0.2, 0) is 18.7 Å². The van der Waals surface area contributed by atoms with Crippen molar-refractivity contribution in [2.24, 2.45) is 16.7 Å². The van der Waals surface area contributed by atoms with Crippen LogP contribution in [0.2, 0.25) is 18.1 Å². The topological polar surface area (TPSA) is 65.0 Å². The first kappa shape index (κ1) is 25.1. The highest BCUT2D eigenvalue weighted by molar-refractivity contribution is 6.74. The molecule has 31 heavy (non-hydrogen) atoms. The van der Waals surface area contributed by atoms with Crippen molar-refractivity contribution in [2.45, 2.75) is 110 Å². The predicted molar refractivity (Wildman–Crippen MR) is 125 cm³/mol. The molecule has 0 radical (unpaired) electrons. The summed E-state index contributed by atoms with van der Waals surface area (Å²) in [5.41, 5.74) is -1.84. The molecule has 1 aliphatic heterocycles. The van der Waals surface area contributed by atoms with E-state index in [1.165, 1.54) is 0 Å². The van der Waals surface area contributed by atoms with Crippen LogP contribution in [0.15, 0.2) is 12.2 Å². The number of rotatable bonds is 6. The number of carbonyl (C=O) groups excluding carboxylic acids is 1. The number of carbonyl (C=O) groups is 1. The van der Waals surface area contributed by atoms with Crippen LogP contribution < -0.4 is 0 Å². The number of hydrogen-bond acceptors (Lipinski definition) is 5. The van der Waals surface area contributed by atoms with E-state index in [2.05, 4.69) is 47.7 Å². The zero-order chi connectivity index (χ0) is 23.5. The van der Waals surface area contributed by atoms with Gasteiger partial charge in [-0.25, -0.2) is 0 Å². The maximum atomic E-state index is 12.9. The van der Waals surface area contributed by atoms with Gasteiger partial charge in [0.2, 0.25) is 0 Å². The monoisotopic (exact) mass is 452 g/mol. The molecule has 0 spiro atoms. The Labute approximate surface area is 190 Å². The molecule has 2 saturated carbocycles. The molecule has 0 aromatic carbocycles. The van der Waals surface area contributed by atoms with Crippen molar-refractivity contribution in [2.75, 3.05) is 13.2 Å². The highest BCUT2D eigenvalue weighted by atomic mass is 28.4. The van der Waals surface area contributed by atoms with E-state index >= 15 is 0 Å². The summed E-state index contributed by atoms with van der Waals surface area (Å²) in [5, 5.41) is 11.7. The summed E-state index contributed by atoms with van der Waals surface area (Å²) >= 11 is 0. The number of ether oxygens (including phenoxy) is 2. The Bertz CT molecular complexity index is 735. The number of aliphatic hydroxyl groups is 1. The van der Waals surface area contributed by atoms with Crippen molar-refractivity contribution in [3.8, 4) is 0 Å². The van der Waals surface area contributed by atoms with Crippen molar-refractivity contribution in [1.29, 1.82) is 0 Å². The third kappa shape index (κ3) is 4.35. The van der Waals surface area contributed by atoms with Crippen LogP contribution in [0, 0.1) is 16.7 Å². The van der Waals surface area contributed by atoms with Gasteiger partial charge in [-0.2, -0.15) is 0 Å². The summed E-state index contributed by atoms with van der Waals surface area (Å²) in [6.07, 6.45) is 6.52. The number of allylic oxidation sites excluding steroid dienone is 1. The molecule has 0 unspecified atom stereocenters. The second-order valence-electron chi connectivity index (χ2n) is 12.6. The smallest absolute Gasteiger partial charge is 0.191 e. The second-order valence-corrected chi connectivity index (χ2v) is 17.4. The van der Waals surface area contributed by atoms with E-state index in [0.29, 0.717) is 31.1 Å². The average Bonchev–Trinajstić information content (AvgIpc) is 2.97. The first-order chi connectivity index (χ1) is 14.0. The Hall–Kier alpha value is -0.533. The Kier molecular flexibility index (Phi) is 6.28. The van der Waals surface area contributed by atoms with Crippen LogP contribution >= 0.6 is 0 Å². The molecular weight excluding hydrogens is 408 g/mol. The fourth-order valence-electron chi connectivity index (χ4n) is 5.35. The third-order valence-corrected chi connectivity index (χ3v) is 13.5. The van der Waals surface area contributed by atoms with Crippen LogP contribution in [0.3, 0.4) is 0 Å². The summed E-state index contributed by atoms with van der Waals surface area (Å²) in [6.45, 7) is 20.0. The molecule has 6 heteroatoms. The lowest BCUT2D eigenvalue weighted by Gasteiger charge is -2.46. The van der Waals surface area contributed by atoms with Gasteiger partial charge in [-0.1, -0.05) is 46.8 Å². The van der Waals surface area contributed by atoms with Crippen LogP contribution in [0.5, 0.6) is 0 Å². The quantitative estimate of drug-likeness (QED) is 0.441. The summed E-state index contributed by atoms with van der Waals surface area (Å²) in [7, 11) is -1.88. The fourth-order valence-corrected chi connectivity index (χ4v) is 6.41. The highest BCUT2D eigenvalue weighted by Crippen LogP contribution is 2.64. The van der Waals surface area contributed by atoms with E-state index in [9.17, 15) is 9.90 Å². The minimum absolute atomic E-state index is 0.0759. The standard InChI is InChI=1S/C25H44O5Si/c1-21(2,3)31(8,9)29-15-11-20-25(27,17-28-23(6,7)30-20)14-13-24-12-10-18(16-19(24)26)22(24,4)5/h13-14,18,20,27H,10-12,15-17H2,1-9H3/b14-13+/t18-,20-,24-,25+/m0/s1. The Morgan fingerprint density at radius 1 is 1.19 bits per heavy atom. The number of ketones is 1. The fraction of sp³-hybridized carbons (Fsp3) is 0.880. The first-order valence-electron chi connectivity index (χ1n) is 11.9. The predicted octanol–water partition coefficient (Wildman–Crippen LogP) is 5.23. The molecule has 0 amide bonds. The van der Waals surface area contributed by atoms with Crippen LogP contribution in [0.1, 0.15) is 74.1 Å². The summed E-state index contributed by atoms with van der Waals surface area (Å²) < 4.78 is 18.4. The SMILES string of the molecule is CC1(C)OC[C@](O)(/C=C/[C@@]23CC[C@@H](CC2=O)C3(C)C)[C@H](CCO[Si](C)(C)C(C)(C)C)O1. The Morgan fingerprint density at radius 3 is 2.35 bits per heavy atom. The molecule has 1 saturated heterocycles. The van der Waals surface area contributed by atoms with Gasteiger partial charge in [-0.15, -0.1) is 0 Å². The molecule has 3 rings (SSSR count). The molecule has 2 aliphatic carbocycles. The molecular formula is C25H44O5Si. The van der Waals surface area contributed by atoms with E-state index in [-0.39, 0.29) is 17.1 Å². The Balaban J connectivity index is 1.78. The molecule has 178 valence electrons. The lowest BCUT2D eigenvalue weighted by Crippen LogP contribution is -2.57. The lowest BCUT2D eigenvalue weighted by molar-refractivity contribution is -0.324. The van der Waals surface area contributed by atoms with Gasteiger partial charge in [0.15, 0.2) is 14.1 Å². The van der Waals surface area contributed by atoms with E-state index < -0.39 is 31.2 Å². The molecule has 0 aromatic rings. The van der Waals surface area contributed by atoms with Gasteiger partial charge < -0.3 is 19.0 Å². The van der Waals surface area contributed by atoms with Crippen LogP contribution in [0.25, 0.3) is 0 Å². The van der Waals surface area contributed by atoms with E-state index in [1.807, 2.05) is 26.0 Å². The molecule has 4 atom stereocenters. The summed E-state index contributed by atoms with van der Waals surface area (Å²) in [6, 6.07) is 0. The molecule has 1 N–H and O–H groups in total. The summed E-state index contributed by atoms with van der Waals surface area (Å²) in [4.78, 5) is 12.9. The van der Waals surface area contributed by atoms with Gasteiger partial charge in [0.05, 0.1) is 18.1 Å². The maximum absolute atomic E-state index is 12.9. The Morgan fingerprint density at radius 2 is 1.84 bits per heavy atom. The third-order valence-electron chi connectivity index (χ3n) is 8.93. The zero-order valence-corrected chi connectivity index (χ0v) is 22.1. The van der Waals surface area contributed by atoms with Gasteiger partial charge in [-0.3, -0.25) is 4.79 Å². The minimum Gasteiger partial charge on any atom is -0.417 e. The highest BCUT2D eigenvalue weighted by Gasteiger charge is 2.63. The van der Waals surface area contributed by atoms with Crippen molar-refractivity contribution in [1.82, 2.24) is 0 Å². The molecule has 3 aliphatic rings. The molecule has 2 bridgehead atoms. The maximum Gasteiger partial charge on any atom is 0.191 e. The first-order valence-corrected chi connectivity index (χ1v) is 14.8. The van der Waals surface area contributed by atoms with Crippen molar-refractivity contribution in [3.05, 3.63) is 12.2 Å². The van der Waals surface area contributed by atoms with Crippen LogP contribution in [-0.4, -0.2) is 49.9 Å². The number of Topliss-reactive ketones (excluding diaryl/α,β-unsaturated/α-hetero) is 1. The zero-order valence-electron chi connectivity index (χ0n) is 21.1. The normalized spacial score (nSPS) is 37.7. The van der Waals surface area contributed by atoms with Gasteiger partial charge in [0.25, 0.3) is 0 Å². The van der Waals surface area contributed by atoms with Crippen molar-refractivity contribution >= 4 is 14.1 Å². The minimum atomic E-state index is -1.88. The van der Waals surface area contributed by atoms with E-state index in [0.717, 1.165) is 12.8 Å². The van der Waals surface area contributed by atoms with Crippen molar-refractivity contribution in [3.63, 3.8) is 0 Å². The summed E-state index contributed by atoms with van der Waals surface area (Å²) in [5.74, 6) is -0.0174. The molecule has 0 aromatic heterocycles. The molecule has 3 fully saturated rings. The van der Waals surface area contributed by atoms with E-state index in [1.54, 1.807) is 0 Å². The number of hydrogen-bond donors (Lipinski definition) is 1. The number of fused-ring (bicyclic) bond motifs is 2.